The molecule has 2 aromatic heterocycles. The summed E-state index contributed by atoms with van der Waals surface area (Å²) in [4.78, 5) is 13.3. The van der Waals surface area contributed by atoms with Gasteiger partial charge in [0, 0.05) is 29.5 Å². The van der Waals surface area contributed by atoms with Crippen LogP contribution in [-0.4, -0.2) is 41.0 Å². The number of fused-ring (bicyclic) bond motifs is 2. The van der Waals surface area contributed by atoms with E-state index in [4.69, 9.17) is 21.6 Å². The fourth-order valence-corrected chi connectivity index (χ4v) is 6.83. The van der Waals surface area contributed by atoms with Crippen molar-refractivity contribution in [3.05, 3.63) is 39.1 Å². The highest BCUT2D eigenvalue weighted by Crippen LogP contribution is 2.40. The smallest absolute Gasteiger partial charge is 0.172 e. The number of anilines is 1. The summed E-state index contributed by atoms with van der Waals surface area (Å²) in [6, 6.07) is 10.8. The maximum absolute atomic E-state index is 6.25. The van der Waals surface area contributed by atoms with Crippen molar-refractivity contribution in [2.75, 3.05) is 25.5 Å². The third kappa shape index (κ3) is 4.12. The third-order valence-corrected chi connectivity index (χ3v) is 8.59. The minimum Gasteiger partial charge on any atom is -0.369 e. The lowest BCUT2D eigenvalue weighted by Crippen LogP contribution is -2.32. The van der Waals surface area contributed by atoms with E-state index < -0.39 is 0 Å². The molecule has 2 aliphatic rings. The van der Waals surface area contributed by atoms with Crippen LogP contribution in [0.5, 0.6) is 0 Å². The van der Waals surface area contributed by atoms with Crippen molar-refractivity contribution in [2.45, 2.75) is 38.1 Å². The molecule has 5 rings (SSSR count). The van der Waals surface area contributed by atoms with E-state index in [1.165, 1.54) is 38.6 Å². The maximum atomic E-state index is 6.25. The van der Waals surface area contributed by atoms with E-state index in [9.17, 15) is 0 Å². The van der Waals surface area contributed by atoms with Crippen LogP contribution in [-0.2, 0) is 0 Å². The molecule has 3 aromatic rings. The second-order valence-corrected chi connectivity index (χ2v) is 11.5. The number of nitrogens with one attached hydrogen (secondary N) is 1. The highest BCUT2D eigenvalue weighted by Gasteiger charge is 2.40. The summed E-state index contributed by atoms with van der Waals surface area (Å²) >= 11 is 11.4. The maximum Gasteiger partial charge on any atom is 0.172 e. The zero-order valence-electron chi connectivity index (χ0n) is 17.1. The first kappa shape index (κ1) is 20.7. The van der Waals surface area contributed by atoms with Gasteiger partial charge >= 0.3 is 0 Å². The Morgan fingerprint density at radius 1 is 1.20 bits per heavy atom. The van der Waals surface area contributed by atoms with Crippen molar-refractivity contribution in [1.29, 1.82) is 0 Å². The number of hydrogen-bond donors (Lipinski definition) is 1. The topological polar surface area (TPSA) is 41.0 Å². The lowest BCUT2D eigenvalue weighted by Gasteiger charge is -2.31. The first-order valence-electron chi connectivity index (χ1n) is 10.8. The SMILES string of the molecule is CN1CC(CCNc2nc(-c3ccc(Br)s3)nc3cc(Cl)ccc23)C2CCCCC21. The predicted octanol–water partition coefficient (Wildman–Crippen LogP) is 6.70. The van der Waals surface area contributed by atoms with Gasteiger partial charge in [-0.25, -0.2) is 9.97 Å². The normalized spacial score (nSPS) is 24.3. The molecular weight excluding hydrogens is 480 g/mol. The van der Waals surface area contributed by atoms with Crippen LogP contribution >= 0.6 is 38.9 Å². The molecule has 0 radical (unpaired) electrons. The molecule has 1 N–H and O–H groups in total. The van der Waals surface area contributed by atoms with Gasteiger partial charge in [0.15, 0.2) is 5.82 Å². The lowest BCUT2D eigenvalue weighted by molar-refractivity contribution is 0.205. The van der Waals surface area contributed by atoms with Crippen molar-refractivity contribution in [3.63, 3.8) is 0 Å². The molecule has 2 fully saturated rings. The largest absolute Gasteiger partial charge is 0.369 e. The van der Waals surface area contributed by atoms with Gasteiger partial charge in [0.1, 0.15) is 5.82 Å². The molecule has 3 heterocycles. The molecule has 3 atom stereocenters. The number of aromatic nitrogens is 2. The Bertz CT molecular complexity index is 1050. The van der Waals surface area contributed by atoms with Crippen LogP contribution in [0.3, 0.4) is 0 Å². The number of hydrogen-bond acceptors (Lipinski definition) is 5. The van der Waals surface area contributed by atoms with E-state index in [2.05, 4.69) is 39.3 Å². The van der Waals surface area contributed by atoms with Gasteiger partial charge in [-0.05, 0) is 84.4 Å². The Hall–Kier alpha value is -1.21. The highest BCUT2D eigenvalue weighted by atomic mass is 79.9. The summed E-state index contributed by atoms with van der Waals surface area (Å²) < 4.78 is 1.08. The third-order valence-electron chi connectivity index (χ3n) is 6.74. The van der Waals surface area contributed by atoms with Gasteiger partial charge in [0.05, 0.1) is 14.2 Å². The fraction of sp³-hybridized carbons (Fsp3) is 0.478. The van der Waals surface area contributed by atoms with E-state index in [1.54, 1.807) is 11.3 Å². The molecule has 3 unspecified atom stereocenters. The first-order valence-corrected chi connectivity index (χ1v) is 12.7. The second kappa shape index (κ2) is 8.73. The molecule has 0 spiro atoms. The summed E-state index contributed by atoms with van der Waals surface area (Å²) in [5, 5.41) is 5.36. The summed E-state index contributed by atoms with van der Waals surface area (Å²) in [6.45, 7) is 2.16. The Morgan fingerprint density at radius 2 is 2.07 bits per heavy atom. The molecule has 7 heteroatoms. The van der Waals surface area contributed by atoms with Crippen LogP contribution in [0.1, 0.15) is 32.1 Å². The van der Waals surface area contributed by atoms with E-state index in [1.807, 2.05) is 24.3 Å². The number of rotatable bonds is 5. The summed E-state index contributed by atoms with van der Waals surface area (Å²) in [7, 11) is 2.31. The molecule has 0 bridgehead atoms. The predicted molar refractivity (Wildman–Crippen MR) is 131 cm³/mol. The van der Waals surface area contributed by atoms with Crippen molar-refractivity contribution in [3.8, 4) is 10.7 Å². The molecule has 1 aromatic carbocycles. The molecule has 30 heavy (non-hydrogen) atoms. The minimum atomic E-state index is 0.697. The quantitative estimate of drug-likeness (QED) is 0.419. The van der Waals surface area contributed by atoms with Crippen molar-refractivity contribution < 1.29 is 0 Å². The van der Waals surface area contributed by atoms with E-state index >= 15 is 0 Å². The van der Waals surface area contributed by atoms with E-state index in [0.717, 1.165) is 55.6 Å². The van der Waals surface area contributed by atoms with Crippen molar-refractivity contribution >= 4 is 55.6 Å². The lowest BCUT2D eigenvalue weighted by atomic mass is 9.78. The zero-order chi connectivity index (χ0) is 20.7. The molecule has 4 nitrogen and oxygen atoms in total. The zero-order valence-corrected chi connectivity index (χ0v) is 20.2. The van der Waals surface area contributed by atoms with E-state index in [0.29, 0.717) is 5.02 Å². The van der Waals surface area contributed by atoms with Gasteiger partial charge in [-0.2, -0.15) is 0 Å². The van der Waals surface area contributed by atoms with Gasteiger partial charge in [-0.3, -0.25) is 0 Å². The van der Waals surface area contributed by atoms with Crippen LogP contribution in [0.15, 0.2) is 34.1 Å². The van der Waals surface area contributed by atoms with Gasteiger partial charge in [-0.1, -0.05) is 24.4 Å². The first-order chi connectivity index (χ1) is 14.6. The number of halogens is 2. The van der Waals surface area contributed by atoms with Crippen LogP contribution in [0, 0.1) is 11.8 Å². The molecule has 158 valence electrons. The Kier molecular flexibility index (Phi) is 6.02. The van der Waals surface area contributed by atoms with Crippen molar-refractivity contribution in [2.24, 2.45) is 11.8 Å². The monoisotopic (exact) mass is 504 g/mol. The van der Waals surface area contributed by atoms with Gasteiger partial charge in [0.2, 0.25) is 0 Å². The van der Waals surface area contributed by atoms with Crippen molar-refractivity contribution in [1.82, 2.24) is 14.9 Å². The molecule has 1 aliphatic heterocycles. The second-order valence-electron chi connectivity index (χ2n) is 8.59. The average molecular weight is 506 g/mol. The number of nitrogens with zero attached hydrogens (tertiary/aromatic N) is 3. The minimum absolute atomic E-state index is 0.697. The van der Waals surface area contributed by atoms with Gasteiger partial charge < -0.3 is 10.2 Å². The molecule has 1 saturated carbocycles. The van der Waals surface area contributed by atoms with Gasteiger partial charge in [0.25, 0.3) is 0 Å². The Morgan fingerprint density at radius 3 is 2.90 bits per heavy atom. The van der Waals surface area contributed by atoms with Crippen LogP contribution in [0.25, 0.3) is 21.6 Å². The summed E-state index contributed by atoms with van der Waals surface area (Å²) in [5.41, 5.74) is 0.882. The highest BCUT2D eigenvalue weighted by molar-refractivity contribution is 9.11. The Balaban J connectivity index is 1.37. The summed E-state index contributed by atoms with van der Waals surface area (Å²) in [5.74, 6) is 3.30. The molecular formula is C23H26BrClN4S. The Labute approximate surface area is 195 Å². The number of thiophene rings is 1. The molecule has 0 amide bonds. The molecule has 1 aliphatic carbocycles. The summed E-state index contributed by atoms with van der Waals surface area (Å²) in [6.07, 6.45) is 6.75. The molecule has 1 saturated heterocycles. The van der Waals surface area contributed by atoms with Crippen LogP contribution in [0.2, 0.25) is 5.02 Å². The van der Waals surface area contributed by atoms with Gasteiger partial charge in [-0.15, -0.1) is 11.3 Å². The number of benzene rings is 1. The number of likely N-dealkylation sites (tertiary alicyclic amines) is 1. The fourth-order valence-electron chi connectivity index (χ4n) is 5.34. The van der Waals surface area contributed by atoms with Crippen LogP contribution < -0.4 is 5.32 Å². The van der Waals surface area contributed by atoms with Crippen LogP contribution in [0.4, 0.5) is 5.82 Å². The standard InChI is InChI=1S/C23H26BrClN4S/c1-29-13-14(16-4-2-3-5-19(16)29)10-11-26-22-17-7-6-15(25)12-18(17)27-23(28-22)20-8-9-21(24)30-20/h6-9,12,14,16,19H,2-5,10-11,13H2,1H3,(H,26,27,28). The average Bonchev–Trinajstić information content (AvgIpc) is 3.31. The van der Waals surface area contributed by atoms with E-state index in [-0.39, 0.29) is 0 Å².